The number of nitrogens with one attached hydrogen (secondary N) is 1. The van der Waals surface area contributed by atoms with Crippen LogP contribution in [-0.2, 0) is 4.79 Å². The van der Waals surface area contributed by atoms with E-state index in [0.29, 0.717) is 17.8 Å². The Morgan fingerprint density at radius 3 is 2.45 bits per heavy atom. The Hall–Kier alpha value is -0.860. The third-order valence-electron chi connectivity index (χ3n) is 3.26. The lowest BCUT2D eigenvalue weighted by Gasteiger charge is -2.21. The van der Waals surface area contributed by atoms with Crippen LogP contribution in [0, 0.1) is 11.3 Å². The van der Waals surface area contributed by atoms with Crippen LogP contribution in [0.25, 0.3) is 0 Å². The van der Waals surface area contributed by atoms with Gasteiger partial charge in [-0.2, -0.15) is 5.10 Å². The highest BCUT2D eigenvalue weighted by Gasteiger charge is 2.14. The van der Waals surface area contributed by atoms with E-state index < -0.39 is 0 Å². The van der Waals surface area contributed by atoms with Gasteiger partial charge in [-0.1, -0.05) is 60.3 Å². The average Bonchev–Trinajstić information content (AvgIpc) is 2.32. The molecule has 0 saturated carbocycles. The summed E-state index contributed by atoms with van der Waals surface area (Å²) >= 11 is 0. The second-order valence-electron chi connectivity index (χ2n) is 7.12. The fourth-order valence-corrected chi connectivity index (χ4v) is 2.42. The maximum atomic E-state index is 11.5. The zero-order valence-electron chi connectivity index (χ0n) is 14.2. The fourth-order valence-electron chi connectivity index (χ4n) is 2.42. The molecule has 0 aromatic carbocycles. The Morgan fingerprint density at radius 1 is 1.20 bits per heavy atom. The van der Waals surface area contributed by atoms with Gasteiger partial charge in [0.05, 0.1) is 0 Å². The Morgan fingerprint density at radius 2 is 1.85 bits per heavy atom. The van der Waals surface area contributed by atoms with Crippen molar-refractivity contribution in [2.75, 3.05) is 0 Å². The van der Waals surface area contributed by atoms with Crippen molar-refractivity contribution < 1.29 is 4.79 Å². The number of hydrazone groups is 1. The van der Waals surface area contributed by atoms with Crippen LogP contribution in [0.2, 0.25) is 0 Å². The molecule has 0 saturated heterocycles. The Kier molecular flexibility index (Phi) is 10.4. The van der Waals surface area contributed by atoms with E-state index in [1.54, 1.807) is 0 Å². The number of amides is 1. The second-order valence-corrected chi connectivity index (χ2v) is 7.12. The van der Waals surface area contributed by atoms with Crippen LogP contribution in [0.1, 0.15) is 86.0 Å². The molecule has 0 aliphatic carbocycles. The van der Waals surface area contributed by atoms with Gasteiger partial charge in [0.15, 0.2) is 0 Å². The molecule has 20 heavy (non-hydrogen) atoms. The minimum absolute atomic E-state index is 0.0428. The van der Waals surface area contributed by atoms with Gasteiger partial charge in [0.25, 0.3) is 0 Å². The molecule has 0 fully saturated rings. The maximum absolute atomic E-state index is 11.5. The van der Waals surface area contributed by atoms with Crippen molar-refractivity contribution in [1.29, 1.82) is 0 Å². The SMILES string of the molecule is CCCCCCCC(=O)NN=CCC(C)CC(C)(C)C. The molecule has 1 unspecified atom stereocenters. The first kappa shape index (κ1) is 19.1. The number of nitrogens with zero attached hydrogens (tertiary/aromatic N) is 1. The number of unbranched alkanes of at least 4 members (excludes halogenated alkanes) is 4. The second kappa shape index (κ2) is 10.9. The first-order valence-corrected chi connectivity index (χ1v) is 8.15. The number of rotatable bonds is 10. The molecule has 0 aliphatic heterocycles. The van der Waals surface area contributed by atoms with E-state index in [0.717, 1.165) is 19.3 Å². The molecule has 1 N–H and O–H groups in total. The maximum Gasteiger partial charge on any atom is 0.240 e. The largest absolute Gasteiger partial charge is 0.273 e. The van der Waals surface area contributed by atoms with Gasteiger partial charge in [-0.05, 0) is 30.6 Å². The molecule has 0 spiro atoms. The lowest BCUT2D eigenvalue weighted by atomic mass is 9.84. The number of carbonyl (C=O) groups is 1. The van der Waals surface area contributed by atoms with E-state index in [2.05, 4.69) is 45.1 Å². The van der Waals surface area contributed by atoms with E-state index in [4.69, 9.17) is 0 Å². The molecular weight excluding hydrogens is 248 g/mol. The molecule has 0 aromatic heterocycles. The zero-order valence-corrected chi connectivity index (χ0v) is 14.2. The summed E-state index contributed by atoms with van der Waals surface area (Å²) in [4.78, 5) is 11.5. The van der Waals surface area contributed by atoms with Gasteiger partial charge in [-0.15, -0.1) is 0 Å². The van der Waals surface area contributed by atoms with Gasteiger partial charge in [-0.3, -0.25) is 4.79 Å². The summed E-state index contributed by atoms with van der Waals surface area (Å²) in [6.45, 7) is 11.2. The van der Waals surface area contributed by atoms with Crippen LogP contribution < -0.4 is 5.43 Å². The molecule has 118 valence electrons. The molecule has 1 amide bonds. The van der Waals surface area contributed by atoms with E-state index in [-0.39, 0.29) is 5.91 Å². The van der Waals surface area contributed by atoms with Gasteiger partial charge >= 0.3 is 0 Å². The van der Waals surface area contributed by atoms with Gasteiger partial charge in [-0.25, -0.2) is 5.43 Å². The van der Waals surface area contributed by atoms with E-state index in [9.17, 15) is 4.79 Å². The molecule has 0 radical (unpaired) electrons. The fraction of sp³-hybridized carbons (Fsp3) is 0.882. The Labute approximate surface area is 125 Å². The van der Waals surface area contributed by atoms with Crippen molar-refractivity contribution in [3.05, 3.63) is 0 Å². The third-order valence-corrected chi connectivity index (χ3v) is 3.26. The topological polar surface area (TPSA) is 41.5 Å². The highest BCUT2D eigenvalue weighted by Crippen LogP contribution is 2.25. The van der Waals surface area contributed by atoms with E-state index in [1.807, 2.05) is 6.21 Å². The van der Waals surface area contributed by atoms with Crippen molar-refractivity contribution in [2.45, 2.75) is 86.0 Å². The summed E-state index contributed by atoms with van der Waals surface area (Å²) in [7, 11) is 0. The van der Waals surface area contributed by atoms with Crippen molar-refractivity contribution in [1.82, 2.24) is 5.43 Å². The van der Waals surface area contributed by atoms with Crippen molar-refractivity contribution in [2.24, 2.45) is 16.4 Å². The quantitative estimate of drug-likeness (QED) is 0.345. The Bertz CT molecular complexity index is 279. The summed E-state index contributed by atoms with van der Waals surface area (Å²) in [6.07, 6.45) is 10.4. The van der Waals surface area contributed by atoms with Crippen LogP contribution in [0.3, 0.4) is 0 Å². The van der Waals surface area contributed by atoms with Crippen LogP contribution in [-0.4, -0.2) is 12.1 Å². The summed E-state index contributed by atoms with van der Waals surface area (Å²) in [5.41, 5.74) is 2.98. The number of carbonyl (C=O) groups excluding carboxylic acids is 1. The summed E-state index contributed by atoms with van der Waals surface area (Å²) in [5, 5.41) is 4.03. The minimum atomic E-state index is 0.0428. The van der Waals surface area contributed by atoms with E-state index >= 15 is 0 Å². The summed E-state index contributed by atoms with van der Waals surface area (Å²) in [6, 6.07) is 0. The van der Waals surface area contributed by atoms with Crippen LogP contribution >= 0.6 is 0 Å². The molecule has 3 heteroatoms. The molecule has 1 atom stereocenters. The molecule has 0 bridgehead atoms. The van der Waals surface area contributed by atoms with Gasteiger partial charge in [0.2, 0.25) is 5.91 Å². The van der Waals surface area contributed by atoms with Crippen molar-refractivity contribution in [3.63, 3.8) is 0 Å². The van der Waals surface area contributed by atoms with Crippen molar-refractivity contribution in [3.8, 4) is 0 Å². The molecule has 0 aromatic rings. The third kappa shape index (κ3) is 13.6. The average molecular weight is 282 g/mol. The molecule has 0 aliphatic rings. The van der Waals surface area contributed by atoms with Crippen LogP contribution in [0.15, 0.2) is 5.10 Å². The Balaban J connectivity index is 3.61. The lowest BCUT2D eigenvalue weighted by Crippen LogP contribution is -2.17. The lowest BCUT2D eigenvalue weighted by molar-refractivity contribution is -0.121. The van der Waals surface area contributed by atoms with Crippen molar-refractivity contribution >= 4 is 12.1 Å². The predicted molar refractivity (Wildman–Crippen MR) is 87.9 cm³/mol. The monoisotopic (exact) mass is 282 g/mol. The summed E-state index contributed by atoms with van der Waals surface area (Å²) < 4.78 is 0. The standard InChI is InChI=1S/C17H34N2O/c1-6-7-8-9-10-11-16(20)19-18-13-12-15(2)14-17(3,4)5/h13,15H,6-12,14H2,1-5H3,(H,19,20). The first-order chi connectivity index (χ1) is 9.35. The number of hydrogen-bond acceptors (Lipinski definition) is 2. The highest BCUT2D eigenvalue weighted by atomic mass is 16.2. The molecular formula is C17H34N2O. The molecule has 0 heterocycles. The zero-order chi connectivity index (χ0) is 15.4. The number of hydrogen-bond donors (Lipinski definition) is 1. The van der Waals surface area contributed by atoms with Crippen LogP contribution in [0.5, 0.6) is 0 Å². The smallest absolute Gasteiger partial charge is 0.240 e. The molecule has 3 nitrogen and oxygen atoms in total. The van der Waals surface area contributed by atoms with Gasteiger partial charge < -0.3 is 0 Å². The van der Waals surface area contributed by atoms with Crippen LogP contribution in [0.4, 0.5) is 0 Å². The normalized spacial score (nSPS) is 13.7. The van der Waals surface area contributed by atoms with E-state index in [1.165, 1.54) is 25.7 Å². The van der Waals surface area contributed by atoms with Gasteiger partial charge in [0, 0.05) is 12.6 Å². The minimum Gasteiger partial charge on any atom is -0.273 e. The highest BCUT2D eigenvalue weighted by molar-refractivity contribution is 5.76. The molecule has 0 rings (SSSR count). The predicted octanol–water partition coefficient (Wildman–Crippen LogP) is 4.91. The summed E-state index contributed by atoms with van der Waals surface area (Å²) in [5.74, 6) is 0.644. The van der Waals surface area contributed by atoms with Gasteiger partial charge in [0.1, 0.15) is 0 Å². The first-order valence-electron chi connectivity index (χ1n) is 8.15.